The van der Waals surface area contributed by atoms with Gasteiger partial charge in [0.15, 0.2) is 0 Å². The minimum atomic E-state index is -0.581. The Morgan fingerprint density at radius 3 is 2.37 bits per heavy atom. The van der Waals surface area contributed by atoms with Gasteiger partial charge in [-0.25, -0.2) is 13.8 Å². The summed E-state index contributed by atoms with van der Waals surface area (Å²) < 4.78 is 26.3. The normalized spacial score (nSPS) is 12.7. The van der Waals surface area contributed by atoms with E-state index in [2.05, 4.69) is 10.4 Å². The fourth-order valence-electron chi connectivity index (χ4n) is 2.06. The summed E-state index contributed by atoms with van der Waals surface area (Å²) in [7, 11) is 0. The third-order valence-electron chi connectivity index (χ3n) is 2.82. The van der Waals surface area contributed by atoms with E-state index in [1.54, 1.807) is 0 Å². The Morgan fingerprint density at radius 1 is 1.26 bits per heavy atom. The highest BCUT2D eigenvalue weighted by molar-refractivity contribution is 7.11. The summed E-state index contributed by atoms with van der Waals surface area (Å²) in [5, 5.41) is 0.943. The fourth-order valence-corrected chi connectivity index (χ4v) is 3.05. The van der Waals surface area contributed by atoms with Crippen LogP contribution in [0.1, 0.15) is 27.2 Å². The number of aromatic nitrogens is 1. The number of hydrazine groups is 1. The smallest absolute Gasteiger partial charge is 0.126 e. The molecule has 0 saturated heterocycles. The lowest BCUT2D eigenvalue weighted by atomic mass is 10.0. The predicted octanol–water partition coefficient (Wildman–Crippen LogP) is 2.79. The van der Waals surface area contributed by atoms with Gasteiger partial charge in [-0.05, 0) is 38.0 Å². The van der Waals surface area contributed by atoms with Gasteiger partial charge in [-0.15, -0.1) is 11.3 Å². The van der Waals surface area contributed by atoms with Gasteiger partial charge in [0, 0.05) is 10.9 Å². The van der Waals surface area contributed by atoms with Crippen molar-refractivity contribution in [3.63, 3.8) is 0 Å². The third kappa shape index (κ3) is 3.34. The van der Waals surface area contributed by atoms with Crippen LogP contribution in [0.3, 0.4) is 0 Å². The van der Waals surface area contributed by atoms with Crippen molar-refractivity contribution in [3.05, 3.63) is 51.0 Å². The van der Waals surface area contributed by atoms with Crippen molar-refractivity contribution in [2.75, 3.05) is 0 Å². The highest BCUT2D eigenvalue weighted by Gasteiger charge is 2.17. The summed E-state index contributed by atoms with van der Waals surface area (Å²) >= 11 is 1.53. The van der Waals surface area contributed by atoms with E-state index in [-0.39, 0.29) is 6.04 Å². The number of aryl methyl sites for hydroxylation is 2. The van der Waals surface area contributed by atoms with Gasteiger partial charge in [-0.3, -0.25) is 11.3 Å². The first-order chi connectivity index (χ1) is 8.99. The van der Waals surface area contributed by atoms with Crippen LogP contribution in [0.2, 0.25) is 0 Å². The molecule has 1 unspecified atom stereocenters. The highest BCUT2D eigenvalue weighted by Crippen LogP contribution is 2.27. The monoisotopic (exact) mass is 283 g/mol. The van der Waals surface area contributed by atoms with E-state index in [9.17, 15) is 8.78 Å². The van der Waals surface area contributed by atoms with Gasteiger partial charge in [0.25, 0.3) is 0 Å². The lowest BCUT2D eigenvalue weighted by Crippen LogP contribution is -2.29. The molecule has 1 aromatic carbocycles. The van der Waals surface area contributed by atoms with Crippen LogP contribution < -0.4 is 11.3 Å². The Balaban J connectivity index is 2.26. The Labute approximate surface area is 114 Å². The highest BCUT2D eigenvalue weighted by atomic mass is 32.1. The number of thiazole rings is 1. The number of nitrogens with one attached hydrogen (secondary N) is 1. The Bertz CT molecular complexity index is 563. The van der Waals surface area contributed by atoms with E-state index in [0.29, 0.717) is 12.0 Å². The van der Waals surface area contributed by atoms with Crippen molar-refractivity contribution >= 4 is 11.3 Å². The fraction of sp³-hybridized carbons (Fsp3) is 0.308. The molecular formula is C13H15F2N3S. The van der Waals surface area contributed by atoms with Crippen molar-refractivity contribution in [2.24, 2.45) is 5.84 Å². The summed E-state index contributed by atoms with van der Waals surface area (Å²) in [5.41, 5.74) is 4.14. The molecule has 0 saturated carbocycles. The van der Waals surface area contributed by atoms with E-state index in [1.807, 2.05) is 13.8 Å². The molecule has 0 aliphatic heterocycles. The standard InChI is InChI=1S/C13H15F2N3S/c1-7-13(19-8(2)17-7)12(18-16)5-9-3-10(14)6-11(15)4-9/h3-4,6,12,18H,5,16H2,1-2H3. The zero-order chi connectivity index (χ0) is 14.0. The minimum absolute atomic E-state index is 0.201. The van der Waals surface area contributed by atoms with Crippen LogP contribution in [0.15, 0.2) is 18.2 Å². The second-order valence-corrected chi connectivity index (χ2v) is 5.62. The molecule has 0 aliphatic rings. The maximum atomic E-state index is 13.2. The number of nitrogens with two attached hydrogens (primary N) is 1. The quantitative estimate of drug-likeness (QED) is 0.670. The second kappa shape index (κ2) is 5.73. The molecule has 102 valence electrons. The average Bonchev–Trinajstić information content (AvgIpc) is 2.64. The number of benzene rings is 1. The first-order valence-corrected chi connectivity index (χ1v) is 6.66. The molecule has 0 spiro atoms. The molecule has 19 heavy (non-hydrogen) atoms. The summed E-state index contributed by atoms with van der Waals surface area (Å²) in [5.74, 6) is 4.39. The Morgan fingerprint density at radius 2 is 1.89 bits per heavy atom. The van der Waals surface area contributed by atoms with E-state index >= 15 is 0 Å². The lowest BCUT2D eigenvalue weighted by Gasteiger charge is -2.15. The van der Waals surface area contributed by atoms with E-state index in [1.165, 1.54) is 23.5 Å². The molecule has 3 nitrogen and oxygen atoms in total. The van der Waals surface area contributed by atoms with Gasteiger partial charge in [0.1, 0.15) is 11.6 Å². The minimum Gasteiger partial charge on any atom is -0.271 e. The predicted molar refractivity (Wildman–Crippen MR) is 71.7 cm³/mol. The third-order valence-corrected chi connectivity index (χ3v) is 4.01. The van der Waals surface area contributed by atoms with Gasteiger partial charge in [0.2, 0.25) is 0 Å². The van der Waals surface area contributed by atoms with Gasteiger partial charge in [-0.1, -0.05) is 0 Å². The van der Waals surface area contributed by atoms with Crippen molar-refractivity contribution in [2.45, 2.75) is 26.3 Å². The lowest BCUT2D eigenvalue weighted by molar-refractivity contribution is 0.544. The maximum Gasteiger partial charge on any atom is 0.126 e. The summed E-state index contributed by atoms with van der Waals surface area (Å²) in [6, 6.07) is 3.29. The Kier molecular flexibility index (Phi) is 4.24. The largest absolute Gasteiger partial charge is 0.271 e. The van der Waals surface area contributed by atoms with E-state index < -0.39 is 11.6 Å². The van der Waals surface area contributed by atoms with Crippen molar-refractivity contribution < 1.29 is 8.78 Å². The zero-order valence-corrected chi connectivity index (χ0v) is 11.5. The number of halogens is 2. The van der Waals surface area contributed by atoms with Gasteiger partial charge in [0.05, 0.1) is 16.7 Å². The average molecular weight is 283 g/mol. The molecule has 1 heterocycles. The molecule has 2 rings (SSSR count). The molecule has 1 atom stereocenters. The number of hydrogen-bond acceptors (Lipinski definition) is 4. The molecule has 0 bridgehead atoms. The van der Waals surface area contributed by atoms with Crippen LogP contribution in [0, 0.1) is 25.5 Å². The topological polar surface area (TPSA) is 50.9 Å². The van der Waals surface area contributed by atoms with Crippen molar-refractivity contribution in [1.29, 1.82) is 0 Å². The summed E-state index contributed by atoms with van der Waals surface area (Å²) in [6.07, 6.45) is 0.410. The van der Waals surface area contributed by atoms with Crippen LogP contribution in [0.4, 0.5) is 8.78 Å². The van der Waals surface area contributed by atoms with Gasteiger partial charge >= 0.3 is 0 Å². The molecular weight excluding hydrogens is 268 g/mol. The maximum absolute atomic E-state index is 13.2. The zero-order valence-electron chi connectivity index (χ0n) is 10.7. The SMILES string of the molecule is Cc1nc(C)c(C(Cc2cc(F)cc(F)c2)NN)s1. The van der Waals surface area contributed by atoms with E-state index in [4.69, 9.17) is 5.84 Å². The van der Waals surface area contributed by atoms with Crippen molar-refractivity contribution in [1.82, 2.24) is 10.4 Å². The molecule has 2 aromatic rings. The molecule has 0 fully saturated rings. The van der Waals surface area contributed by atoms with Crippen LogP contribution >= 0.6 is 11.3 Å². The van der Waals surface area contributed by atoms with Crippen LogP contribution in [-0.4, -0.2) is 4.98 Å². The van der Waals surface area contributed by atoms with Gasteiger partial charge < -0.3 is 0 Å². The second-order valence-electron chi connectivity index (χ2n) is 4.38. The molecule has 0 radical (unpaired) electrons. The number of nitrogens with zero attached hydrogens (tertiary/aromatic N) is 1. The molecule has 0 aliphatic carbocycles. The number of hydrogen-bond donors (Lipinski definition) is 2. The van der Waals surface area contributed by atoms with Crippen molar-refractivity contribution in [3.8, 4) is 0 Å². The molecule has 1 aromatic heterocycles. The first-order valence-electron chi connectivity index (χ1n) is 5.84. The van der Waals surface area contributed by atoms with Crippen LogP contribution in [0.25, 0.3) is 0 Å². The summed E-state index contributed by atoms with van der Waals surface area (Å²) in [6.45, 7) is 3.81. The first kappa shape index (κ1) is 14.0. The van der Waals surface area contributed by atoms with Gasteiger partial charge in [-0.2, -0.15) is 0 Å². The molecule has 6 heteroatoms. The van der Waals surface area contributed by atoms with Crippen LogP contribution in [0.5, 0.6) is 0 Å². The van der Waals surface area contributed by atoms with E-state index in [0.717, 1.165) is 21.6 Å². The molecule has 3 N–H and O–H groups in total. The Hall–Kier alpha value is -1.37. The van der Waals surface area contributed by atoms with Crippen LogP contribution in [-0.2, 0) is 6.42 Å². The summed E-state index contributed by atoms with van der Waals surface area (Å²) in [4.78, 5) is 5.32. The molecule has 0 amide bonds. The number of rotatable bonds is 4.